The first-order valence-corrected chi connectivity index (χ1v) is 6.11. The van der Waals surface area contributed by atoms with Crippen molar-refractivity contribution < 1.29 is 4.79 Å². The second-order valence-corrected chi connectivity index (χ2v) is 5.05. The molecule has 0 aliphatic carbocycles. The molecule has 0 aliphatic heterocycles. The van der Waals surface area contributed by atoms with E-state index in [9.17, 15) is 4.79 Å². The van der Waals surface area contributed by atoms with Crippen LogP contribution >= 0.6 is 15.9 Å². The molecule has 3 nitrogen and oxygen atoms in total. The van der Waals surface area contributed by atoms with Crippen LogP contribution in [0, 0.1) is 0 Å². The molecule has 16 heavy (non-hydrogen) atoms. The summed E-state index contributed by atoms with van der Waals surface area (Å²) in [6.45, 7) is 3.77. The highest BCUT2D eigenvalue weighted by Crippen LogP contribution is 2.18. The predicted molar refractivity (Wildman–Crippen MR) is 70.3 cm³/mol. The van der Waals surface area contributed by atoms with E-state index in [1.807, 2.05) is 31.2 Å². The topological polar surface area (TPSA) is 55.1 Å². The van der Waals surface area contributed by atoms with E-state index in [-0.39, 0.29) is 5.91 Å². The lowest BCUT2D eigenvalue weighted by Crippen LogP contribution is -2.48. The number of carbonyl (C=O) groups is 1. The summed E-state index contributed by atoms with van der Waals surface area (Å²) in [6, 6.07) is 7.46. The molecule has 1 amide bonds. The molecule has 0 saturated carbocycles. The molecule has 0 heterocycles. The number of nitrogens with two attached hydrogens (primary N) is 1. The minimum atomic E-state index is -0.808. The highest BCUT2D eigenvalue weighted by atomic mass is 79.9. The average molecular weight is 285 g/mol. The van der Waals surface area contributed by atoms with Gasteiger partial charge in [-0.25, -0.2) is 0 Å². The number of anilines is 1. The zero-order chi connectivity index (χ0) is 12.2. The molecule has 4 heteroatoms. The van der Waals surface area contributed by atoms with Gasteiger partial charge >= 0.3 is 0 Å². The maximum absolute atomic E-state index is 11.9. The van der Waals surface area contributed by atoms with Gasteiger partial charge in [0.25, 0.3) is 0 Å². The number of hydrogen-bond donors (Lipinski definition) is 2. The number of rotatable bonds is 4. The first-order chi connectivity index (χ1) is 7.45. The predicted octanol–water partition coefficient (Wildman–Crippen LogP) is 2.91. The van der Waals surface area contributed by atoms with E-state index in [4.69, 9.17) is 5.73 Å². The van der Waals surface area contributed by atoms with Crippen LogP contribution in [0.5, 0.6) is 0 Å². The second kappa shape index (κ2) is 5.46. The Morgan fingerprint density at radius 3 is 2.81 bits per heavy atom. The second-order valence-electron chi connectivity index (χ2n) is 4.13. The van der Waals surface area contributed by atoms with Crippen molar-refractivity contribution in [3.63, 3.8) is 0 Å². The summed E-state index contributed by atoms with van der Waals surface area (Å²) in [5.41, 5.74) is 5.88. The molecule has 1 aromatic rings. The number of benzene rings is 1. The third kappa shape index (κ3) is 3.61. The number of amides is 1. The molecule has 88 valence electrons. The molecular formula is C12H17BrN2O. The van der Waals surface area contributed by atoms with Gasteiger partial charge in [0.2, 0.25) is 5.91 Å². The molecule has 0 bridgehead atoms. The quantitative estimate of drug-likeness (QED) is 0.893. The van der Waals surface area contributed by atoms with Gasteiger partial charge in [-0.1, -0.05) is 35.3 Å². The Morgan fingerprint density at radius 1 is 1.56 bits per heavy atom. The normalized spacial score (nSPS) is 14.2. The van der Waals surface area contributed by atoms with Crippen molar-refractivity contribution in [2.75, 3.05) is 5.32 Å². The van der Waals surface area contributed by atoms with Gasteiger partial charge in [0.15, 0.2) is 0 Å². The fourth-order valence-corrected chi connectivity index (χ4v) is 1.87. The Morgan fingerprint density at radius 2 is 2.25 bits per heavy atom. The Labute approximate surface area is 105 Å². The lowest BCUT2D eigenvalue weighted by molar-refractivity contribution is -0.120. The third-order valence-corrected chi connectivity index (χ3v) is 2.86. The van der Waals surface area contributed by atoms with Gasteiger partial charge in [0.05, 0.1) is 5.54 Å². The summed E-state index contributed by atoms with van der Waals surface area (Å²) in [5.74, 6) is -0.146. The van der Waals surface area contributed by atoms with Crippen molar-refractivity contribution in [1.29, 1.82) is 0 Å². The maximum Gasteiger partial charge on any atom is 0.244 e. The molecule has 0 radical (unpaired) electrons. The van der Waals surface area contributed by atoms with Gasteiger partial charge in [-0.3, -0.25) is 4.79 Å². The molecule has 1 atom stereocenters. The Kier molecular flexibility index (Phi) is 4.50. The van der Waals surface area contributed by atoms with Crippen molar-refractivity contribution in [3.05, 3.63) is 28.7 Å². The van der Waals surface area contributed by atoms with Gasteiger partial charge in [-0.05, 0) is 31.5 Å². The molecule has 0 aliphatic rings. The van der Waals surface area contributed by atoms with E-state index < -0.39 is 5.54 Å². The van der Waals surface area contributed by atoms with Crippen LogP contribution in [0.1, 0.15) is 26.7 Å². The minimum Gasteiger partial charge on any atom is -0.324 e. The Balaban J connectivity index is 2.71. The Bertz CT molecular complexity index is 377. The van der Waals surface area contributed by atoms with Crippen LogP contribution in [-0.2, 0) is 4.79 Å². The molecule has 1 unspecified atom stereocenters. The maximum atomic E-state index is 11.9. The van der Waals surface area contributed by atoms with Crippen LogP contribution in [-0.4, -0.2) is 11.4 Å². The number of halogens is 1. The van der Waals surface area contributed by atoms with Gasteiger partial charge in [0.1, 0.15) is 0 Å². The number of nitrogens with one attached hydrogen (secondary N) is 1. The van der Waals surface area contributed by atoms with Crippen molar-refractivity contribution >= 4 is 27.5 Å². The number of hydrogen-bond acceptors (Lipinski definition) is 2. The summed E-state index contributed by atoms with van der Waals surface area (Å²) in [4.78, 5) is 11.9. The van der Waals surface area contributed by atoms with Crippen LogP contribution < -0.4 is 11.1 Å². The summed E-state index contributed by atoms with van der Waals surface area (Å²) < 4.78 is 0.930. The molecular weight excluding hydrogens is 268 g/mol. The van der Waals surface area contributed by atoms with E-state index in [2.05, 4.69) is 21.2 Å². The third-order valence-electron chi connectivity index (χ3n) is 2.37. The van der Waals surface area contributed by atoms with E-state index >= 15 is 0 Å². The molecule has 0 saturated heterocycles. The zero-order valence-electron chi connectivity index (χ0n) is 9.59. The first kappa shape index (κ1) is 13.2. The molecule has 3 N–H and O–H groups in total. The molecule has 0 fully saturated rings. The van der Waals surface area contributed by atoms with Crippen LogP contribution in [0.15, 0.2) is 28.7 Å². The van der Waals surface area contributed by atoms with Crippen LogP contribution in [0.4, 0.5) is 5.69 Å². The van der Waals surface area contributed by atoms with E-state index in [0.29, 0.717) is 6.42 Å². The fraction of sp³-hybridized carbons (Fsp3) is 0.417. The highest BCUT2D eigenvalue weighted by Gasteiger charge is 2.26. The average Bonchev–Trinajstić information content (AvgIpc) is 2.17. The zero-order valence-corrected chi connectivity index (χ0v) is 11.2. The van der Waals surface area contributed by atoms with Gasteiger partial charge in [-0.2, -0.15) is 0 Å². The molecule has 1 aromatic carbocycles. The lowest BCUT2D eigenvalue weighted by atomic mass is 9.96. The SMILES string of the molecule is CCCC(C)(N)C(=O)Nc1cccc(Br)c1. The molecule has 0 aromatic heterocycles. The van der Waals surface area contributed by atoms with Crippen molar-refractivity contribution in [1.82, 2.24) is 0 Å². The monoisotopic (exact) mass is 284 g/mol. The van der Waals surface area contributed by atoms with Crippen molar-refractivity contribution in [2.45, 2.75) is 32.2 Å². The van der Waals surface area contributed by atoms with Crippen LogP contribution in [0.25, 0.3) is 0 Å². The fourth-order valence-electron chi connectivity index (χ4n) is 1.47. The first-order valence-electron chi connectivity index (χ1n) is 5.31. The van der Waals surface area contributed by atoms with E-state index in [1.54, 1.807) is 6.92 Å². The minimum absolute atomic E-state index is 0.146. The van der Waals surface area contributed by atoms with Gasteiger partial charge < -0.3 is 11.1 Å². The smallest absolute Gasteiger partial charge is 0.244 e. The van der Waals surface area contributed by atoms with Gasteiger partial charge in [-0.15, -0.1) is 0 Å². The lowest BCUT2D eigenvalue weighted by Gasteiger charge is -2.22. The summed E-state index contributed by atoms with van der Waals surface area (Å²) >= 11 is 3.35. The number of carbonyl (C=O) groups excluding carboxylic acids is 1. The summed E-state index contributed by atoms with van der Waals surface area (Å²) in [7, 11) is 0. The summed E-state index contributed by atoms with van der Waals surface area (Å²) in [5, 5.41) is 2.81. The van der Waals surface area contributed by atoms with E-state index in [0.717, 1.165) is 16.6 Å². The van der Waals surface area contributed by atoms with E-state index in [1.165, 1.54) is 0 Å². The standard InChI is InChI=1S/C12H17BrN2O/c1-3-7-12(2,14)11(16)15-10-6-4-5-9(13)8-10/h4-6,8H,3,7,14H2,1-2H3,(H,15,16). The molecule has 1 rings (SSSR count). The van der Waals surface area contributed by atoms with Crippen molar-refractivity contribution in [2.24, 2.45) is 5.73 Å². The van der Waals surface area contributed by atoms with Gasteiger partial charge in [0, 0.05) is 10.2 Å². The Hall–Kier alpha value is -0.870. The van der Waals surface area contributed by atoms with Crippen molar-refractivity contribution in [3.8, 4) is 0 Å². The van der Waals surface area contributed by atoms with Crippen LogP contribution in [0.2, 0.25) is 0 Å². The van der Waals surface area contributed by atoms with Crippen LogP contribution in [0.3, 0.4) is 0 Å². The molecule has 0 spiro atoms. The largest absolute Gasteiger partial charge is 0.324 e. The summed E-state index contributed by atoms with van der Waals surface area (Å²) in [6.07, 6.45) is 1.56. The highest BCUT2D eigenvalue weighted by molar-refractivity contribution is 9.10.